The number of aryl methyl sites for hydroxylation is 1. The molecule has 0 bridgehead atoms. The zero-order valence-corrected chi connectivity index (χ0v) is 14.3. The van der Waals surface area contributed by atoms with E-state index in [4.69, 9.17) is 11.6 Å². The summed E-state index contributed by atoms with van der Waals surface area (Å²) >= 11 is 7.79. The van der Waals surface area contributed by atoms with E-state index in [2.05, 4.69) is 35.2 Å². The molecule has 1 N–H and O–H groups in total. The molecule has 0 radical (unpaired) electrons. The molecule has 3 nitrogen and oxygen atoms in total. The SMILES string of the molecule is CCc1cc2c(NCC3(C)CCCCC3)nc(Cl)nc2s1. The first-order valence-corrected chi connectivity index (χ1v) is 8.99. The fraction of sp³-hybridized carbons (Fsp3) is 0.625. The molecule has 1 fully saturated rings. The molecule has 2 heterocycles. The number of nitrogens with one attached hydrogen (secondary N) is 1. The molecule has 0 atom stereocenters. The van der Waals surface area contributed by atoms with Crippen LogP contribution in [0.4, 0.5) is 5.82 Å². The molecule has 0 amide bonds. The van der Waals surface area contributed by atoms with Gasteiger partial charge in [-0.25, -0.2) is 9.97 Å². The van der Waals surface area contributed by atoms with E-state index in [9.17, 15) is 0 Å². The molecule has 0 unspecified atom stereocenters. The van der Waals surface area contributed by atoms with Gasteiger partial charge in [0.15, 0.2) is 0 Å². The number of nitrogens with zero attached hydrogens (tertiary/aromatic N) is 2. The van der Waals surface area contributed by atoms with Crippen molar-refractivity contribution >= 4 is 39.0 Å². The highest BCUT2D eigenvalue weighted by molar-refractivity contribution is 7.18. The Morgan fingerprint density at radius 1 is 1.29 bits per heavy atom. The average molecular weight is 324 g/mol. The molecular weight excluding hydrogens is 302 g/mol. The Labute approximate surface area is 135 Å². The molecule has 5 heteroatoms. The van der Waals surface area contributed by atoms with Crippen molar-refractivity contribution in [1.29, 1.82) is 0 Å². The van der Waals surface area contributed by atoms with Crippen molar-refractivity contribution in [2.24, 2.45) is 5.41 Å². The van der Waals surface area contributed by atoms with Crippen LogP contribution < -0.4 is 5.32 Å². The first-order valence-electron chi connectivity index (χ1n) is 7.79. The number of hydrogen-bond acceptors (Lipinski definition) is 4. The van der Waals surface area contributed by atoms with Crippen molar-refractivity contribution in [3.63, 3.8) is 0 Å². The molecular formula is C16H22ClN3S. The molecule has 21 heavy (non-hydrogen) atoms. The fourth-order valence-corrected chi connectivity index (χ4v) is 4.32. The van der Waals surface area contributed by atoms with Crippen molar-refractivity contribution in [2.75, 3.05) is 11.9 Å². The summed E-state index contributed by atoms with van der Waals surface area (Å²) in [5, 5.41) is 5.00. The van der Waals surface area contributed by atoms with Crippen LogP contribution in [0.5, 0.6) is 0 Å². The van der Waals surface area contributed by atoms with E-state index in [-0.39, 0.29) is 0 Å². The fourth-order valence-electron chi connectivity index (χ4n) is 3.13. The number of thiophene rings is 1. The third-order valence-corrected chi connectivity index (χ3v) is 5.85. The Morgan fingerprint density at radius 2 is 2.05 bits per heavy atom. The monoisotopic (exact) mass is 323 g/mol. The zero-order valence-electron chi connectivity index (χ0n) is 12.7. The van der Waals surface area contributed by atoms with E-state index in [1.165, 1.54) is 37.0 Å². The first-order chi connectivity index (χ1) is 10.1. The van der Waals surface area contributed by atoms with Gasteiger partial charge < -0.3 is 5.32 Å². The van der Waals surface area contributed by atoms with E-state index < -0.39 is 0 Å². The smallest absolute Gasteiger partial charge is 0.225 e. The van der Waals surface area contributed by atoms with Crippen LogP contribution in [0.15, 0.2) is 6.07 Å². The molecule has 1 saturated carbocycles. The number of anilines is 1. The lowest BCUT2D eigenvalue weighted by molar-refractivity contribution is 0.233. The minimum absolute atomic E-state index is 0.336. The van der Waals surface area contributed by atoms with Crippen molar-refractivity contribution in [3.05, 3.63) is 16.2 Å². The zero-order chi connectivity index (χ0) is 14.9. The topological polar surface area (TPSA) is 37.8 Å². The van der Waals surface area contributed by atoms with Crippen LogP contribution in [-0.4, -0.2) is 16.5 Å². The Morgan fingerprint density at radius 3 is 2.76 bits per heavy atom. The second kappa shape index (κ2) is 6.09. The van der Waals surface area contributed by atoms with Crippen molar-refractivity contribution in [2.45, 2.75) is 52.4 Å². The van der Waals surface area contributed by atoms with Gasteiger partial charge in [-0.05, 0) is 42.3 Å². The predicted molar refractivity (Wildman–Crippen MR) is 91.5 cm³/mol. The third kappa shape index (κ3) is 3.32. The Kier molecular flexibility index (Phi) is 4.36. The molecule has 114 valence electrons. The molecule has 0 aliphatic heterocycles. The van der Waals surface area contributed by atoms with Gasteiger partial charge in [0.1, 0.15) is 10.6 Å². The highest BCUT2D eigenvalue weighted by atomic mass is 35.5. The van der Waals surface area contributed by atoms with Crippen molar-refractivity contribution in [3.8, 4) is 0 Å². The maximum atomic E-state index is 6.08. The lowest BCUT2D eigenvalue weighted by Gasteiger charge is -2.33. The molecule has 2 aromatic rings. The third-order valence-electron chi connectivity index (χ3n) is 4.51. The van der Waals surface area contributed by atoms with Gasteiger partial charge in [-0.15, -0.1) is 11.3 Å². The van der Waals surface area contributed by atoms with Gasteiger partial charge in [0.25, 0.3) is 0 Å². The number of halogens is 1. The van der Waals surface area contributed by atoms with Crippen molar-refractivity contribution < 1.29 is 0 Å². The molecule has 0 aromatic carbocycles. The summed E-state index contributed by atoms with van der Waals surface area (Å²) in [5.74, 6) is 0.896. The predicted octanol–water partition coefficient (Wildman–Crippen LogP) is 5.29. The van der Waals surface area contributed by atoms with Crippen LogP contribution in [0.25, 0.3) is 10.2 Å². The number of rotatable bonds is 4. The van der Waals surface area contributed by atoms with E-state index in [1.807, 2.05) is 0 Å². The first kappa shape index (κ1) is 15.0. The van der Waals surface area contributed by atoms with Crippen molar-refractivity contribution in [1.82, 2.24) is 9.97 Å². The second-order valence-corrected chi connectivity index (χ2v) is 7.80. The summed E-state index contributed by atoms with van der Waals surface area (Å²) in [6.07, 6.45) is 7.68. The van der Waals surface area contributed by atoms with Crippen LogP contribution in [0, 0.1) is 5.41 Å². The Hall–Kier alpha value is -0.870. The van der Waals surface area contributed by atoms with Gasteiger partial charge in [-0.1, -0.05) is 33.1 Å². The Balaban J connectivity index is 1.84. The van der Waals surface area contributed by atoms with Gasteiger partial charge in [-0.3, -0.25) is 0 Å². The summed E-state index contributed by atoms with van der Waals surface area (Å²) in [4.78, 5) is 11.1. The lowest BCUT2D eigenvalue weighted by Crippen LogP contribution is -2.29. The van der Waals surface area contributed by atoms with Crippen LogP contribution in [0.2, 0.25) is 5.28 Å². The number of fused-ring (bicyclic) bond motifs is 1. The average Bonchev–Trinajstić information content (AvgIpc) is 2.88. The highest BCUT2D eigenvalue weighted by Crippen LogP contribution is 2.37. The van der Waals surface area contributed by atoms with Crippen LogP contribution in [0.3, 0.4) is 0 Å². The highest BCUT2D eigenvalue weighted by Gasteiger charge is 2.27. The van der Waals surface area contributed by atoms with E-state index in [1.54, 1.807) is 11.3 Å². The summed E-state index contributed by atoms with van der Waals surface area (Å²) in [6.45, 7) is 5.51. The minimum Gasteiger partial charge on any atom is -0.369 e. The largest absolute Gasteiger partial charge is 0.369 e. The minimum atomic E-state index is 0.336. The van der Waals surface area contributed by atoms with E-state index in [0.29, 0.717) is 10.7 Å². The van der Waals surface area contributed by atoms with Gasteiger partial charge in [0.2, 0.25) is 5.28 Å². The molecule has 0 saturated heterocycles. The quantitative estimate of drug-likeness (QED) is 0.777. The maximum Gasteiger partial charge on any atom is 0.225 e. The second-order valence-electron chi connectivity index (χ2n) is 6.35. The van der Waals surface area contributed by atoms with Gasteiger partial charge in [-0.2, -0.15) is 0 Å². The van der Waals surface area contributed by atoms with Crippen LogP contribution >= 0.6 is 22.9 Å². The summed E-state index contributed by atoms with van der Waals surface area (Å²) in [6, 6.07) is 2.20. The standard InChI is InChI=1S/C16H22ClN3S/c1-3-11-9-12-13(19-15(17)20-14(12)21-11)18-10-16(2)7-5-4-6-8-16/h9H,3-8,10H2,1-2H3,(H,18,19,20). The normalized spacial score (nSPS) is 18.0. The van der Waals surface area contributed by atoms with E-state index >= 15 is 0 Å². The maximum absolute atomic E-state index is 6.08. The molecule has 1 aliphatic carbocycles. The van der Waals surface area contributed by atoms with Crippen LogP contribution in [0.1, 0.15) is 50.8 Å². The molecule has 3 rings (SSSR count). The molecule has 0 spiro atoms. The van der Waals surface area contributed by atoms with Gasteiger partial charge >= 0.3 is 0 Å². The van der Waals surface area contributed by atoms with E-state index in [0.717, 1.165) is 29.0 Å². The summed E-state index contributed by atoms with van der Waals surface area (Å²) < 4.78 is 0. The number of hydrogen-bond donors (Lipinski definition) is 1. The Bertz CT molecular complexity index is 632. The molecule has 2 aromatic heterocycles. The van der Waals surface area contributed by atoms with Gasteiger partial charge in [0.05, 0.1) is 5.39 Å². The van der Waals surface area contributed by atoms with Crippen LogP contribution in [-0.2, 0) is 6.42 Å². The summed E-state index contributed by atoms with van der Waals surface area (Å²) in [7, 11) is 0. The lowest BCUT2D eigenvalue weighted by atomic mass is 9.76. The molecule has 1 aliphatic rings. The number of aromatic nitrogens is 2. The van der Waals surface area contributed by atoms with Gasteiger partial charge in [0, 0.05) is 11.4 Å². The summed E-state index contributed by atoms with van der Waals surface area (Å²) in [5.41, 5.74) is 0.381.